The minimum atomic E-state index is -0.270. The number of nitrogens with zero attached hydrogens (tertiary/aromatic N) is 1. The van der Waals surface area contributed by atoms with Crippen molar-refractivity contribution < 1.29 is 14.3 Å². The molecule has 2 amide bonds. The fraction of sp³-hybridized carbons (Fsp3) is 0.867. The summed E-state index contributed by atoms with van der Waals surface area (Å²) in [4.78, 5) is 26.4. The van der Waals surface area contributed by atoms with Gasteiger partial charge in [-0.3, -0.25) is 9.59 Å². The van der Waals surface area contributed by atoms with Gasteiger partial charge in [0.25, 0.3) is 0 Å². The number of carbonyl (C=O) groups is 2. The van der Waals surface area contributed by atoms with Crippen molar-refractivity contribution in [1.82, 2.24) is 10.2 Å². The molecule has 1 atom stereocenters. The highest BCUT2D eigenvalue weighted by Gasteiger charge is 2.42. The maximum atomic E-state index is 12.7. The smallest absolute Gasteiger partial charge is 0.245 e. The average Bonchev–Trinajstić information content (AvgIpc) is 3.25. The van der Waals surface area contributed by atoms with Gasteiger partial charge in [-0.15, -0.1) is 0 Å². The Kier molecular flexibility index (Phi) is 3.71. The lowest BCUT2D eigenvalue weighted by Gasteiger charge is -2.38. The summed E-state index contributed by atoms with van der Waals surface area (Å²) in [6.07, 6.45) is 4.55. The van der Waals surface area contributed by atoms with Crippen LogP contribution in [0.2, 0.25) is 0 Å². The van der Waals surface area contributed by atoms with Gasteiger partial charge in [0, 0.05) is 32.7 Å². The van der Waals surface area contributed by atoms with Gasteiger partial charge in [0.1, 0.15) is 6.04 Å². The number of hydrogen-bond acceptors (Lipinski definition) is 3. The molecule has 0 radical (unpaired) electrons. The molecule has 1 unspecified atom stereocenters. The van der Waals surface area contributed by atoms with Crippen LogP contribution in [0.4, 0.5) is 0 Å². The molecule has 5 nitrogen and oxygen atoms in total. The lowest BCUT2D eigenvalue weighted by molar-refractivity contribution is -0.136. The van der Waals surface area contributed by atoms with Crippen molar-refractivity contribution >= 4 is 11.8 Å². The first kappa shape index (κ1) is 13.9. The minimum Gasteiger partial charge on any atom is -0.381 e. The first-order valence-electron chi connectivity index (χ1n) is 7.73. The molecule has 0 spiro atoms. The zero-order chi connectivity index (χ0) is 14.2. The maximum absolute atomic E-state index is 12.7. The van der Waals surface area contributed by atoms with Crippen LogP contribution in [0.3, 0.4) is 0 Å². The van der Waals surface area contributed by atoms with E-state index in [4.69, 9.17) is 4.74 Å². The van der Waals surface area contributed by atoms with E-state index in [-0.39, 0.29) is 23.3 Å². The van der Waals surface area contributed by atoms with Gasteiger partial charge in [-0.2, -0.15) is 0 Å². The van der Waals surface area contributed by atoms with Crippen LogP contribution in [-0.4, -0.2) is 49.1 Å². The summed E-state index contributed by atoms with van der Waals surface area (Å²) in [6, 6.07) is -0.270. The molecule has 2 heterocycles. The summed E-state index contributed by atoms with van der Waals surface area (Å²) in [5.74, 6) is 0.524. The molecule has 0 aromatic heterocycles. The van der Waals surface area contributed by atoms with Crippen molar-refractivity contribution in [3.8, 4) is 0 Å². The second-order valence-corrected chi connectivity index (χ2v) is 6.82. The van der Waals surface area contributed by atoms with Crippen LogP contribution in [0, 0.1) is 11.3 Å². The first-order valence-corrected chi connectivity index (χ1v) is 7.73. The number of hydrogen-bond donors (Lipinski definition) is 1. The van der Waals surface area contributed by atoms with E-state index in [1.807, 2.05) is 4.90 Å². The Hall–Kier alpha value is -1.10. The van der Waals surface area contributed by atoms with Gasteiger partial charge in [-0.25, -0.2) is 0 Å². The highest BCUT2D eigenvalue weighted by Crippen LogP contribution is 2.36. The van der Waals surface area contributed by atoms with Crippen molar-refractivity contribution in [1.29, 1.82) is 0 Å². The highest BCUT2D eigenvalue weighted by atomic mass is 16.5. The van der Waals surface area contributed by atoms with Gasteiger partial charge >= 0.3 is 0 Å². The molecule has 3 aliphatic rings. The number of nitrogens with one attached hydrogen (secondary N) is 1. The zero-order valence-corrected chi connectivity index (χ0v) is 12.2. The van der Waals surface area contributed by atoms with Gasteiger partial charge in [0.2, 0.25) is 11.8 Å². The van der Waals surface area contributed by atoms with Gasteiger partial charge in [0.15, 0.2) is 0 Å². The van der Waals surface area contributed by atoms with Gasteiger partial charge in [-0.1, -0.05) is 6.92 Å². The normalized spacial score (nSPS) is 30.9. The van der Waals surface area contributed by atoms with E-state index in [0.29, 0.717) is 18.9 Å². The van der Waals surface area contributed by atoms with Crippen LogP contribution >= 0.6 is 0 Å². The van der Waals surface area contributed by atoms with Crippen molar-refractivity contribution in [3.05, 3.63) is 0 Å². The van der Waals surface area contributed by atoms with Crippen molar-refractivity contribution in [2.24, 2.45) is 11.3 Å². The molecule has 112 valence electrons. The Morgan fingerprint density at radius 2 is 2.00 bits per heavy atom. The molecule has 2 saturated heterocycles. The molecule has 0 aromatic rings. The molecule has 3 fully saturated rings. The Morgan fingerprint density at radius 1 is 1.30 bits per heavy atom. The number of ether oxygens (including phenoxy) is 1. The second kappa shape index (κ2) is 5.35. The Balaban J connectivity index is 1.70. The van der Waals surface area contributed by atoms with Crippen LogP contribution in [0.5, 0.6) is 0 Å². The molecule has 2 aliphatic heterocycles. The zero-order valence-electron chi connectivity index (χ0n) is 12.2. The monoisotopic (exact) mass is 280 g/mol. The predicted molar refractivity (Wildman–Crippen MR) is 74.0 cm³/mol. The van der Waals surface area contributed by atoms with Crippen molar-refractivity contribution in [2.75, 3.05) is 26.3 Å². The molecule has 3 rings (SSSR count). The molecule has 1 aliphatic carbocycles. The third-order valence-corrected chi connectivity index (χ3v) is 4.87. The summed E-state index contributed by atoms with van der Waals surface area (Å²) in [6.45, 7) is 5.11. The largest absolute Gasteiger partial charge is 0.381 e. The van der Waals surface area contributed by atoms with Gasteiger partial charge < -0.3 is 15.0 Å². The third kappa shape index (κ3) is 2.97. The Bertz CT molecular complexity index is 400. The van der Waals surface area contributed by atoms with Crippen LogP contribution in [0.1, 0.15) is 39.0 Å². The Labute approximate surface area is 120 Å². The minimum absolute atomic E-state index is 0.0230. The van der Waals surface area contributed by atoms with Crippen molar-refractivity contribution in [3.63, 3.8) is 0 Å². The quantitative estimate of drug-likeness (QED) is 0.836. The molecule has 5 heteroatoms. The summed E-state index contributed by atoms with van der Waals surface area (Å²) >= 11 is 0. The molecule has 0 aromatic carbocycles. The first-order chi connectivity index (χ1) is 9.57. The second-order valence-electron chi connectivity index (χ2n) is 6.82. The number of carbonyl (C=O) groups excluding carboxylic acids is 2. The van der Waals surface area contributed by atoms with E-state index in [2.05, 4.69) is 12.2 Å². The summed E-state index contributed by atoms with van der Waals surface area (Å²) in [5.41, 5.74) is 0.134. The van der Waals surface area contributed by atoms with Crippen molar-refractivity contribution in [2.45, 2.75) is 45.1 Å². The van der Waals surface area contributed by atoms with Gasteiger partial charge in [-0.05, 0) is 37.0 Å². The van der Waals surface area contributed by atoms with E-state index in [1.54, 1.807) is 0 Å². The van der Waals surface area contributed by atoms with Crippen LogP contribution in [0.15, 0.2) is 0 Å². The molecule has 1 N–H and O–H groups in total. The van der Waals surface area contributed by atoms with Crippen LogP contribution < -0.4 is 5.32 Å². The molecule has 1 saturated carbocycles. The topological polar surface area (TPSA) is 58.6 Å². The lowest BCUT2D eigenvalue weighted by Crippen LogP contribution is -2.49. The van der Waals surface area contributed by atoms with E-state index in [1.165, 1.54) is 0 Å². The predicted octanol–water partition coefficient (Wildman–Crippen LogP) is 0.930. The van der Waals surface area contributed by atoms with Crippen LogP contribution in [-0.2, 0) is 14.3 Å². The molecule has 20 heavy (non-hydrogen) atoms. The summed E-state index contributed by atoms with van der Waals surface area (Å²) in [5, 5.41) is 2.92. The van der Waals surface area contributed by atoms with E-state index in [9.17, 15) is 9.59 Å². The molecular weight excluding hydrogens is 256 g/mol. The van der Waals surface area contributed by atoms with E-state index in [0.717, 1.165) is 45.4 Å². The third-order valence-electron chi connectivity index (χ3n) is 4.87. The fourth-order valence-corrected chi connectivity index (χ4v) is 3.24. The van der Waals surface area contributed by atoms with E-state index < -0.39 is 0 Å². The number of amides is 2. The SMILES string of the molecule is CC1(CN2CCC(=O)NC(C3CC3)C2=O)CCOCC1. The fourth-order valence-electron chi connectivity index (χ4n) is 3.24. The lowest BCUT2D eigenvalue weighted by atomic mass is 9.81. The maximum Gasteiger partial charge on any atom is 0.245 e. The van der Waals surface area contributed by atoms with E-state index >= 15 is 0 Å². The Morgan fingerprint density at radius 3 is 2.65 bits per heavy atom. The summed E-state index contributed by atoms with van der Waals surface area (Å²) in [7, 11) is 0. The number of rotatable bonds is 3. The standard InChI is InChI=1S/C15H24N2O3/c1-15(5-8-20-9-6-15)10-17-7-4-12(18)16-13(14(17)19)11-2-3-11/h11,13H,2-10H2,1H3,(H,16,18). The molecule has 0 bridgehead atoms. The average molecular weight is 280 g/mol. The van der Waals surface area contributed by atoms with Gasteiger partial charge in [0.05, 0.1) is 0 Å². The molecular formula is C15H24N2O3. The highest BCUT2D eigenvalue weighted by molar-refractivity contribution is 5.90. The summed E-state index contributed by atoms with van der Waals surface area (Å²) < 4.78 is 5.42. The van der Waals surface area contributed by atoms with Crippen LogP contribution in [0.25, 0.3) is 0 Å².